The zero-order chi connectivity index (χ0) is 21.7. The third-order valence-electron chi connectivity index (χ3n) is 4.74. The van der Waals surface area contributed by atoms with Gasteiger partial charge in [-0.2, -0.15) is 0 Å². The average molecular weight is 405 g/mol. The maximum atomic E-state index is 12.6. The third-order valence-corrected chi connectivity index (χ3v) is 4.74. The van der Waals surface area contributed by atoms with E-state index in [0.717, 1.165) is 16.8 Å². The van der Waals surface area contributed by atoms with Gasteiger partial charge >= 0.3 is 0 Å². The fraction of sp³-hybridized carbons (Fsp3) is 0.174. The predicted octanol–water partition coefficient (Wildman–Crippen LogP) is 3.86. The van der Waals surface area contributed by atoms with Crippen LogP contribution in [0, 0.1) is 13.8 Å². The van der Waals surface area contributed by atoms with Gasteiger partial charge in [-0.1, -0.05) is 12.1 Å². The van der Waals surface area contributed by atoms with Crippen LogP contribution in [0.2, 0.25) is 0 Å². The Kier molecular flexibility index (Phi) is 6.32. The first-order chi connectivity index (χ1) is 14.3. The molecule has 0 atom stereocenters. The van der Waals surface area contributed by atoms with Crippen molar-refractivity contribution in [2.24, 2.45) is 0 Å². The largest absolute Gasteiger partial charge is 0.459 e. The number of aryl methyl sites for hydroxylation is 1. The molecule has 0 bridgehead atoms. The van der Waals surface area contributed by atoms with Crippen LogP contribution in [0.4, 0.5) is 11.4 Å². The molecule has 0 fully saturated rings. The van der Waals surface area contributed by atoms with E-state index in [1.807, 2.05) is 32.0 Å². The number of anilines is 2. The second-order valence-corrected chi connectivity index (χ2v) is 6.97. The minimum atomic E-state index is -0.376. The highest BCUT2D eigenvalue weighted by Gasteiger charge is 2.16. The van der Waals surface area contributed by atoms with Gasteiger partial charge in [-0.05, 0) is 67.4 Å². The van der Waals surface area contributed by atoms with Crippen molar-refractivity contribution >= 4 is 29.1 Å². The average Bonchev–Trinajstić information content (AvgIpc) is 3.26. The predicted molar refractivity (Wildman–Crippen MR) is 115 cm³/mol. The molecule has 154 valence electrons. The highest BCUT2D eigenvalue weighted by atomic mass is 16.3. The first-order valence-electron chi connectivity index (χ1n) is 9.41. The van der Waals surface area contributed by atoms with Crippen LogP contribution < -0.4 is 10.6 Å². The molecule has 30 heavy (non-hydrogen) atoms. The second-order valence-electron chi connectivity index (χ2n) is 6.97. The van der Waals surface area contributed by atoms with E-state index < -0.39 is 0 Å². The summed E-state index contributed by atoms with van der Waals surface area (Å²) >= 11 is 0. The maximum Gasteiger partial charge on any atom is 0.291 e. The molecule has 3 aromatic rings. The van der Waals surface area contributed by atoms with Crippen molar-refractivity contribution in [1.82, 2.24) is 4.90 Å². The van der Waals surface area contributed by atoms with Gasteiger partial charge in [0, 0.05) is 24.0 Å². The molecule has 7 heteroatoms. The molecule has 1 heterocycles. The Bertz CT molecular complexity index is 1060. The number of benzene rings is 2. The monoisotopic (exact) mass is 405 g/mol. The Morgan fingerprint density at radius 3 is 2.33 bits per heavy atom. The summed E-state index contributed by atoms with van der Waals surface area (Å²) in [6.45, 7) is 3.83. The zero-order valence-corrected chi connectivity index (χ0v) is 17.1. The highest BCUT2D eigenvalue weighted by molar-refractivity contribution is 6.03. The van der Waals surface area contributed by atoms with Crippen LogP contribution in [0.15, 0.2) is 65.3 Å². The number of carbonyl (C=O) groups is 3. The first-order valence-corrected chi connectivity index (χ1v) is 9.41. The molecule has 1 aromatic heterocycles. The topological polar surface area (TPSA) is 91.7 Å². The number of furan rings is 1. The number of nitrogens with one attached hydrogen (secondary N) is 2. The van der Waals surface area contributed by atoms with Gasteiger partial charge < -0.3 is 20.0 Å². The summed E-state index contributed by atoms with van der Waals surface area (Å²) < 4.78 is 5.04. The van der Waals surface area contributed by atoms with Crippen molar-refractivity contribution in [1.29, 1.82) is 0 Å². The summed E-state index contributed by atoms with van der Waals surface area (Å²) in [4.78, 5) is 38.3. The Labute approximate surface area is 174 Å². The summed E-state index contributed by atoms with van der Waals surface area (Å²) in [5, 5.41) is 5.53. The molecule has 3 amide bonds. The first kappa shape index (κ1) is 20.9. The van der Waals surface area contributed by atoms with E-state index in [-0.39, 0.29) is 30.0 Å². The zero-order valence-electron chi connectivity index (χ0n) is 17.1. The van der Waals surface area contributed by atoms with E-state index in [0.29, 0.717) is 11.3 Å². The van der Waals surface area contributed by atoms with E-state index in [4.69, 9.17) is 4.42 Å². The minimum absolute atomic E-state index is 0.0802. The van der Waals surface area contributed by atoms with Crippen molar-refractivity contribution in [3.05, 3.63) is 83.3 Å². The minimum Gasteiger partial charge on any atom is -0.459 e. The molecule has 0 unspecified atom stereocenters. The molecule has 0 aliphatic carbocycles. The Morgan fingerprint density at radius 1 is 0.933 bits per heavy atom. The van der Waals surface area contributed by atoms with Gasteiger partial charge in [-0.15, -0.1) is 0 Å². The summed E-state index contributed by atoms with van der Waals surface area (Å²) in [7, 11) is 1.57. The molecule has 7 nitrogen and oxygen atoms in total. The standard InChI is InChI=1S/C23H23N3O4/c1-15-6-4-7-19(16(15)2)25-21(27)14-26(3)23(29)17-9-11-18(12-10-17)24-22(28)20-8-5-13-30-20/h4-13H,14H2,1-3H3,(H,24,28)(H,25,27). The number of nitrogens with zero attached hydrogens (tertiary/aromatic N) is 1. The van der Waals surface area contributed by atoms with Crippen molar-refractivity contribution in [3.8, 4) is 0 Å². The van der Waals surface area contributed by atoms with Crippen LogP contribution in [-0.4, -0.2) is 36.2 Å². The number of carbonyl (C=O) groups excluding carboxylic acids is 3. The number of rotatable bonds is 6. The van der Waals surface area contributed by atoms with Crippen LogP contribution in [0.5, 0.6) is 0 Å². The molecular weight excluding hydrogens is 382 g/mol. The Hall–Kier alpha value is -3.87. The molecule has 0 saturated heterocycles. The number of hydrogen-bond acceptors (Lipinski definition) is 4. The molecule has 0 spiro atoms. The lowest BCUT2D eigenvalue weighted by atomic mass is 10.1. The molecule has 3 rings (SSSR count). The van der Waals surface area contributed by atoms with Crippen molar-refractivity contribution in [3.63, 3.8) is 0 Å². The van der Waals surface area contributed by atoms with E-state index >= 15 is 0 Å². The van der Waals surface area contributed by atoms with Crippen LogP contribution in [0.25, 0.3) is 0 Å². The van der Waals surface area contributed by atoms with Crippen molar-refractivity contribution < 1.29 is 18.8 Å². The lowest BCUT2D eigenvalue weighted by Crippen LogP contribution is -2.35. The van der Waals surface area contributed by atoms with E-state index in [9.17, 15) is 14.4 Å². The molecule has 0 aliphatic rings. The van der Waals surface area contributed by atoms with Gasteiger partial charge in [0.15, 0.2) is 5.76 Å². The number of likely N-dealkylation sites (N-methyl/N-ethyl adjacent to an activating group) is 1. The summed E-state index contributed by atoms with van der Waals surface area (Å²) in [6, 6.07) is 15.3. The summed E-state index contributed by atoms with van der Waals surface area (Å²) in [5.74, 6) is -0.749. The maximum absolute atomic E-state index is 12.6. The van der Waals surface area contributed by atoms with Gasteiger partial charge in [-0.25, -0.2) is 0 Å². The van der Waals surface area contributed by atoms with E-state index in [1.165, 1.54) is 11.2 Å². The second kappa shape index (κ2) is 9.09. The van der Waals surface area contributed by atoms with Crippen molar-refractivity contribution in [2.45, 2.75) is 13.8 Å². The Balaban J connectivity index is 1.58. The lowest BCUT2D eigenvalue weighted by Gasteiger charge is -2.18. The highest BCUT2D eigenvalue weighted by Crippen LogP contribution is 2.18. The summed E-state index contributed by atoms with van der Waals surface area (Å²) in [6.07, 6.45) is 1.42. The van der Waals surface area contributed by atoms with Crippen molar-refractivity contribution in [2.75, 3.05) is 24.2 Å². The molecule has 0 radical (unpaired) electrons. The third kappa shape index (κ3) is 4.94. The number of amides is 3. The van der Waals surface area contributed by atoms with Gasteiger partial charge in [0.2, 0.25) is 5.91 Å². The van der Waals surface area contributed by atoms with Gasteiger partial charge in [0.1, 0.15) is 0 Å². The molecule has 2 N–H and O–H groups in total. The van der Waals surface area contributed by atoms with Crippen LogP contribution >= 0.6 is 0 Å². The normalized spacial score (nSPS) is 10.4. The Morgan fingerprint density at radius 2 is 1.67 bits per heavy atom. The number of hydrogen-bond donors (Lipinski definition) is 2. The SMILES string of the molecule is Cc1cccc(NC(=O)CN(C)C(=O)c2ccc(NC(=O)c3ccco3)cc2)c1C. The molecular formula is C23H23N3O4. The van der Waals surface area contributed by atoms with Gasteiger partial charge in [0.25, 0.3) is 11.8 Å². The fourth-order valence-electron chi connectivity index (χ4n) is 2.88. The lowest BCUT2D eigenvalue weighted by molar-refractivity contribution is -0.116. The van der Waals surface area contributed by atoms with Gasteiger partial charge in [0.05, 0.1) is 12.8 Å². The van der Waals surface area contributed by atoms with Gasteiger partial charge in [-0.3, -0.25) is 14.4 Å². The van der Waals surface area contributed by atoms with E-state index in [1.54, 1.807) is 43.4 Å². The van der Waals surface area contributed by atoms with Crippen LogP contribution in [0.1, 0.15) is 32.0 Å². The van der Waals surface area contributed by atoms with Crippen LogP contribution in [0.3, 0.4) is 0 Å². The van der Waals surface area contributed by atoms with E-state index in [2.05, 4.69) is 10.6 Å². The molecule has 0 saturated carbocycles. The molecule has 0 aliphatic heterocycles. The van der Waals surface area contributed by atoms with Crippen LogP contribution in [-0.2, 0) is 4.79 Å². The smallest absolute Gasteiger partial charge is 0.291 e. The quantitative estimate of drug-likeness (QED) is 0.651. The summed E-state index contributed by atoms with van der Waals surface area (Å²) in [5.41, 5.74) is 3.75. The fourth-order valence-corrected chi connectivity index (χ4v) is 2.88. The molecule has 2 aromatic carbocycles.